The fourth-order valence-corrected chi connectivity index (χ4v) is 2.98. The zero-order valence-electron chi connectivity index (χ0n) is 10.8. The number of nitrogens with one attached hydrogen (secondary N) is 1. The lowest BCUT2D eigenvalue weighted by Crippen LogP contribution is -2.41. The lowest BCUT2D eigenvalue weighted by molar-refractivity contribution is 0.123. The van der Waals surface area contributed by atoms with Crippen molar-refractivity contribution >= 4 is 0 Å². The molecule has 0 bridgehead atoms. The molecule has 0 heterocycles. The smallest absolute Gasteiger partial charge is 0.0590 e. The Bertz CT molecular complexity index is 179. The molecule has 0 aromatic carbocycles. The van der Waals surface area contributed by atoms with E-state index < -0.39 is 0 Å². The van der Waals surface area contributed by atoms with Gasteiger partial charge in [0, 0.05) is 19.2 Å². The molecular weight excluding hydrogens is 186 g/mol. The Kier molecular flexibility index (Phi) is 5.07. The van der Waals surface area contributed by atoms with E-state index in [0.29, 0.717) is 11.5 Å². The number of ether oxygens (including phenoxy) is 1. The van der Waals surface area contributed by atoms with E-state index in [1.54, 1.807) is 0 Å². The predicted molar refractivity (Wildman–Crippen MR) is 65.1 cm³/mol. The van der Waals surface area contributed by atoms with E-state index in [0.717, 1.165) is 25.7 Å². The van der Waals surface area contributed by atoms with Crippen LogP contribution in [0.3, 0.4) is 0 Å². The van der Waals surface area contributed by atoms with Crippen molar-refractivity contribution in [3.05, 3.63) is 0 Å². The van der Waals surface area contributed by atoms with Crippen molar-refractivity contribution in [2.24, 2.45) is 11.3 Å². The summed E-state index contributed by atoms with van der Waals surface area (Å²) in [4.78, 5) is 0. The largest absolute Gasteiger partial charge is 0.380 e. The highest BCUT2D eigenvalue weighted by Gasteiger charge is 2.31. The summed E-state index contributed by atoms with van der Waals surface area (Å²) in [7, 11) is 0. The van der Waals surface area contributed by atoms with Crippen molar-refractivity contribution < 1.29 is 4.74 Å². The van der Waals surface area contributed by atoms with Gasteiger partial charge in [0.25, 0.3) is 0 Å². The van der Waals surface area contributed by atoms with Crippen molar-refractivity contribution in [3.8, 4) is 0 Å². The zero-order valence-corrected chi connectivity index (χ0v) is 10.8. The molecular formula is C13H27NO. The van der Waals surface area contributed by atoms with E-state index in [-0.39, 0.29) is 0 Å². The third kappa shape index (κ3) is 4.98. The Morgan fingerprint density at radius 1 is 1.33 bits per heavy atom. The van der Waals surface area contributed by atoms with Gasteiger partial charge in [0.05, 0.1) is 6.61 Å². The van der Waals surface area contributed by atoms with Crippen molar-refractivity contribution in [1.82, 2.24) is 5.32 Å². The Hall–Kier alpha value is -0.0800. The van der Waals surface area contributed by atoms with E-state index in [1.165, 1.54) is 19.3 Å². The highest BCUT2D eigenvalue weighted by molar-refractivity contribution is 4.86. The maximum atomic E-state index is 5.34. The summed E-state index contributed by atoms with van der Waals surface area (Å²) in [5.41, 5.74) is 0.515. The van der Waals surface area contributed by atoms with Crippen molar-refractivity contribution in [2.45, 2.75) is 53.0 Å². The Balaban J connectivity index is 2.23. The third-order valence-corrected chi connectivity index (χ3v) is 3.27. The molecule has 0 aromatic heterocycles. The van der Waals surface area contributed by atoms with Gasteiger partial charge in [0.15, 0.2) is 0 Å². The van der Waals surface area contributed by atoms with Gasteiger partial charge < -0.3 is 10.1 Å². The van der Waals surface area contributed by atoms with E-state index >= 15 is 0 Å². The summed E-state index contributed by atoms with van der Waals surface area (Å²) < 4.78 is 5.34. The van der Waals surface area contributed by atoms with Crippen LogP contribution in [-0.2, 0) is 4.74 Å². The normalized spacial score (nSPS) is 30.4. The molecule has 0 saturated heterocycles. The molecule has 0 radical (unpaired) electrons. The van der Waals surface area contributed by atoms with Crippen LogP contribution in [0.25, 0.3) is 0 Å². The van der Waals surface area contributed by atoms with Crippen LogP contribution in [0.1, 0.15) is 47.0 Å². The van der Waals surface area contributed by atoms with E-state index in [1.807, 2.05) is 6.92 Å². The monoisotopic (exact) mass is 213 g/mol. The molecule has 1 rings (SSSR count). The molecule has 0 amide bonds. The molecule has 2 atom stereocenters. The number of hydrogen-bond acceptors (Lipinski definition) is 2. The topological polar surface area (TPSA) is 21.3 Å². The molecule has 90 valence electrons. The molecule has 1 saturated carbocycles. The first-order chi connectivity index (χ1) is 7.03. The summed E-state index contributed by atoms with van der Waals surface area (Å²) in [5, 5.41) is 3.62. The average Bonchev–Trinajstić information content (AvgIpc) is 2.09. The molecule has 15 heavy (non-hydrogen) atoms. The fourth-order valence-electron chi connectivity index (χ4n) is 2.98. The van der Waals surface area contributed by atoms with Crippen LogP contribution in [0.2, 0.25) is 0 Å². The lowest BCUT2D eigenvalue weighted by Gasteiger charge is -2.39. The molecule has 1 fully saturated rings. The summed E-state index contributed by atoms with van der Waals surface area (Å²) in [5.74, 6) is 0.860. The van der Waals surface area contributed by atoms with Crippen LogP contribution in [0.15, 0.2) is 0 Å². The van der Waals surface area contributed by atoms with E-state index in [2.05, 4.69) is 26.1 Å². The van der Waals surface area contributed by atoms with Crippen molar-refractivity contribution in [3.63, 3.8) is 0 Å². The van der Waals surface area contributed by atoms with Gasteiger partial charge in [-0.2, -0.15) is 0 Å². The van der Waals surface area contributed by atoms with Crippen LogP contribution >= 0.6 is 0 Å². The molecule has 0 aliphatic heterocycles. The minimum atomic E-state index is 0.515. The molecule has 1 N–H and O–H groups in total. The van der Waals surface area contributed by atoms with Crippen LogP contribution in [0.4, 0.5) is 0 Å². The molecule has 0 unspecified atom stereocenters. The summed E-state index contributed by atoms with van der Waals surface area (Å²) in [6, 6.07) is 0.698. The zero-order chi connectivity index (χ0) is 11.3. The van der Waals surface area contributed by atoms with Gasteiger partial charge in [0.1, 0.15) is 0 Å². The highest BCUT2D eigenvalue weighted by Crippen LogP contribution is 2.38. The quantitative estimate of drug-likeness (QED) is 0.709. The van der Waals surface area contributed by atoms with Crippen LogP contribution in [-0.4, -0.2) is 25.8 Å². The van der Waals surface area contributed by atoms with Crippen molar-refractivity contribution in [1.29, 1.82) is 0 Å². The Morgan fingerprint density at radius 3 is 2.67 bits per heavy atom. The highest BCUT2D eigenvalue weighted by atomic mass is 16.5. The maximum Gasteiger partial charge on any atom is 0.0590 e. The van der Waals surface area contributed by atoms with E-state index in [4.69, 9.17) is 4.74 Å². The minimum Gasteiger partial charge on any atom is -0.380 e. The first-order valence-electron chi connectivity index (χ1n) is 6.34. The molecule has 0 spiro atoms. The Labute approximate surface area is 94.8 Å². The summed E-state index contributed by atoms with van der Waals surface area (Å²) in [6.07, 6.45) is 4.01. The number of rotatable bonds is 5. The van der Waals surface area contributed by atoms with Gasteiger partial charge in [-0.1, -0.05) is 20.8 Å². The number of hydrogen-bond donors (Lipinski definition) is 1. The fraction of sp³-hybridized carbons (Fsp3) is 1.00. The summed E-state index contributed by atoms with van der Waals surface area (Å²) >= 11 is 0. The van der Waals surface area contributed by atoms with Gasteiger partial charge in [-0.25, -0.2) is 0 Å². The van der Waals surface area contributed by atoms with Gasteiger partial charge in [0.2, 0.25) is 0 Å². The second kappa shape index (κ2) is 5.86. The standard InChI is InChI=1S/C13H27NO/c1-5-15-7-6-14-12-8-11(2)9-13(3,4)10-12/h11-12,14H,5-10H2,1-4H3/t11-,12-/m1/s1. The molecule has 1 aliphatic rings. The molecule has 0 aromatic rings. The maximum absolute atomic E-state index is 5.34. The van der Waals surface area contributed by atoms with Gasteiger partial charge in [-0.05, 0) is 37.5 Å². The molecule has 2 nitrogen and oxygen atoms in total. The molecule has 2 heteroatoms. The third-order valence-electron chi connectivity index (χ3n) is 3.27. The Morgan fingerprint density at radius 2 is 2.07 bits per heavy atom. The van der Waals surface area contributed by atoms with Gasteiger partial charge >= 0.3 is 0 Å². The van der Waals surface area contributed by atoms with E-state index in [9.17, 15) is 0 Å². The lowest BCUT2D eigenvalue weighted by atomic mass is 9.70. The van der Waals surface area contributed by atoms with Gasteiger partial charge in [-0.15, -0.1) is 0 Å². The summed E-state index contributed by atoms with van der Waals surface area (Å²) in [6.45, 7) is 11.9. The minimum absolute atomic E-state index is 0.515. The molecule has 1 aliphatic carbocycles. The average molecular weight is 213 g/mol. The van der Waals surface area contributed by atoms with Crippen molar-refractivity contribution in [2.75, 3.05) is 19.8 Å². The SMILES string of the molecule is CCOCCN[C@@H]1C[C@@H](C)CC(C)(C)C1. The first-order valence-corrected chi connectivity index (χ1v) is 6.34. The second-order valence-electron chi connectivity index (χ2n) is 5.76. The predicted octanol–water partition coefficient (Wildman–Crippen LogP) is 2.83. The van der Waals surface area contributed by atoms with Crippen LogP contribution in [0.5, 0.6) is 0 Å². The van der Waals surface area contributed by atoms with Gasteiger partial charge in [-0.3, -0.25) is 0 Å². The van der Waals surface area contributed by atoms with Crippen LogP contribution < -0.4 is 5.32 Å². The first kappa shape index (κ1) is 13.0. The second-order valence-corrected chi connectivity index (χ2v) is 5.76. The van der Waals surface area contributed by atoms with Crippen LogP contribution in [0, 0.1) is 11.3 Å².